The van der Waals surface area contributed by atoms with Crippen LogP contribution in [0.25, 0.3) is 10.9 Å². The minimum absolute atomic E-state index is 0.0518. The average Bonchev–Trinajstić information content (AvgIpc) is 3.10. The van der Waals surface area contributed by atoms with Crippen LogP contribution in [0.15, 0.2) is 24.3 Å². The number of rotatable bonds is 2. The molecule has 2 N–H and O–H groups in total. The topological polar surface area (TPSA) is 46.1 Å². The standard InChI is InChI=1S/C17H20ClN3O/c1-21-12-5-3-2-4-11(12)14(18)15(21)16(22)20-13-10-17(13)6-8-19-9-7-17/h2-5,13,19H,6-10H2,1H3,(H,20,22). The molecule has 1 saturated carbocycles. The molecule has 116 valence electrons. The smallest absolute Gasteiger partial charge is 0.269 e. The van der Waals surface area contributed by atoms with Gasteiger partial charge in [-0.15, -0.1) is 0 Å². The van der Waals surface area contributed by atoms with Crippen LogP contribution in [0.1, 0.15) is 29.8 Å². The summed E-state index contributed by atoms with van der Waals surface area (Å²) in [5, 5.41) is 8.07. The Labute approximate surface area is 134 Å². The summed E-state index contributed by atoms with van der Waals surface area (Å²) in [7, 11) is 1.90. The van der Waals surface area contributed by atoms with Gasteiger partial charge in [0.25, 0.3) is 5.91 Å². The number of halogens is 1. The second-order valence-electron chi connectivity index (χ2n) is 6.58. The van der Waals surface area contributed by atoms with Crippen molar-refractivity contribution in [2.45, 2.75) is 25.3 Å². The Balaban J connectivity index is 1.59. The number of nitrogens with zero attached hydrogens (tertiary/aromatic N) is 1. The van der Waals surface area contributed by atoms with E-state index >= 15 is 0 Å². The van der Waals surface area contributed by atoms with Crippen molar-refractivity contribution in [3.63, 3.8) is 0 Å². The Morgan fingerprint density at radius 3 is 2.82 bits per heavy atom. The number of aromatic nitrogens is 1. The molecule has 4 nitrogen and oxygen atoms in total. The number of fused-ring (bicyclic) bond motifs is 1. The lowest BCUT2D eigenvalue weighted by Gasteiger charge is -2.23. The van der Waals surface area contributed by atoms with Crippen molar-refractivity contribution in [1.29, 1.82) is 0 Å². The zero-order chi connectivity index (χ0) is 15.3. The van der Waals surface area contributed by atoms with Crippen LogP contribution < -0.4 is 10.6 Å². The molecule has 1 aliphatic carbocycles. The molecule has 0 bridgehead atoms. The maximum Gasteiger partial charge on any atom is 0.269 e. The number of carbonyl (C=O) groups is 1. The molecule has 1 spiro atoms. The third-order valence-corrected chi connectivity index (χ3v) is 5.74. The highest BCUT2D eigenvalue weighted by Gasteiger charge is 2.54. The van der Waals surface area contributed by atoms with E-state index in [0.29, 0.717) is 22.2 Å². The number of hydrogen-bond acceptors (Lipinski definition) is 2. The summed E-state index contributed by atoms with van der Waals surface area (Å²) in [5.41, 5.74) is 1.89. The van der Waals surface area contributed by atoms with E-state index in [2.05, 4.69) is 10.6 Å². The van der Waals surface area contributed by atoms with Crippen LogP contribution in [0.5, 0.6) is 0 Å². The van der Waals surface area contributed by atoms with Gasteiger partial charge in [0.2, 0.25) is 0 Å². The molecule has 22 heavy (non-hydrogen) atoms. The van der Waals surface area contributed by atoms with Gasteiger partial charge in [0, 0.05) is 24.0 Å². The zero-order valence-electron chi connectivity index (χ0n) is 12.7. The predicted molar refractivity (Wildman–Crippen MR) is 88.3 cm³/mol. The van der Waals surface area contributed by atoms with E-state index in [0.717, 1.165) is 43.3 Å². The first kappa shape index (κ1) is 14.1. The highest BCUT2D eigenvalue weighted by Crippen LogP contribution is 2.52. The molecule has 0 radical (unpaired) electrons. The van der Waals surface area contributed by atoms with Crippen LogP contribution in [0.4, 0.5) is 0 Å². The SMILES string of the molecule is Cn1c(C(=O)NC2CC23CCNCC3)c(Cl)c2ccccc21. The summed E-state index contributed by atoms with van der Waals surface area (Å²) in [6.45, 7) is 2.11. The first-order chi connectivity index (χ1) is 10.6. The van der Waals surface area contributed by atoms with Crippen LogP contribution >= 0.6 is 11.6 Å². The Kier molecular flexibility index (Phi) is 3.20. The van der Waals surface area contributed by atoms with E-state index in [1.54, 1.807) is 0 Å². The number of hydrogen-bond donors (Lipinski definition) is 2. The summed E-state index contributed by atoms with van der Waals surface area (Å²) in [5.74, 6) is -0.0518. The van der Waals surface area contributed by atoms with E-state index in [1.165, 1.54) is 0 Å². The Hall–Kier alpha value is -1.52. The molecular formula is C17H20ClN3O. The molecule has 1 aromatic carbocycles. The molecule has 2 heterocycles. The molecule has 1 amide bonds. The quantitative estimate of drug-likeness (QED) is 0.894. The molecule has 1 aliphatic heterocycles. The van der Waals surface area contributed by atoms with Gasteiger partial charge in [0.05, 0.1) is 5.02 Å². The van der Waals surface area contributed by atoms with Crippen LogP contribution in [0.3, 0.4) is 0 Å². The van der Waals surface area contributed by atoms with Gasteiger partial charge < -0.3 is 15.2 Å². The second-order valence-corrected chi connectivity index (χ2v) is 6.96. The van der Waals surface area contributed by atoms with Crippen molar-refractivity contribution in [3.05, 3.63) is 35.0 Å². The van der Waals surface area contributed by atoms with Crippen LogP contribution in [0, 0.1) is 5.41 Å². The first-order valence-corrected chi connectivity index (χ1v) is 8.25. The average molecular weight is 318 g/mol. The number of carbonyl (C=O) groups excluding carboxylic acids is 1. The fraction of sp³-hybridized carbons (Fsp3) is 0.471. The molecule has 2 fully saturated rings. The number of benzene rings is 1. The normalized spacial score (nSPS) is 22.9. The number of piperidine rings is 1. The van der Waals surface area contributed by atoms with Crippen LogP contribution in [-0.2, 0) is 7.05 Å². The van der Waals surface area contributed by atoms with Crippen molar-refractivity contribution < 1.29 is 4.79 Å². The van der Waals surface area contributed by atoms with Gasteiger partial charge in [-0.05, 0) is 43.8 Å². The van der Waals surface area contributed by atoms with Gasteiger partial charge in [-0.3, -0.25) is 4.79 Å². The minimum atomic E-state index is -0.0518. The van der Waals surface area contributed by atoms with Gasteiger partial charge in [0.15, 0.2) is 0 Å². The molecule has 2 aliphatic rings. The molecule has 1 atom stereocenters. The first-order valence-electron chi connectivity index (χ1n) is 7.87. The monoisotopic (exact) mass is 317 g/mol. The highest BCUT2D eigenvalue weighted by molar-refractivity contribution is 6.38. The van der Waals surface area contributed by atoms with Crippen molar-refractivity contribution >= 4 is 28.4 Å². The Morgan fingerprint density at radius 1 is 1.36 bits per heavy atom. The van der Waals surface area contributed by atoms with Crippen LogP contribution in [-0.4, -0.2) is 29.6 Å². The maximum atomic E-state index is 12.7. The van der Waals surface area contributed by atoms with Crippen molar-refractivity contribution in [2.75, 3.05) is 13.1 Å². The van der Waals surface area contributed by atoms with Crippen molar-refractivity contribution in [2.24, 2.45) is 12.5 Å². The number of para-hydroxylation sites is 1. The van der Waals surface area contributed by atoms with Crippen LogP contribution in [0.2, 0.25) is 5.02 Å². The Morgan fingerprint density at radius 2 is 2.09 bits per heavy atom. The second kappa shape index (κ2) is 5.00. The molecular weight excluding hydrogens is 298 g/mol. The minimum Gasteiger partial charge on any atom is -0.347 e. The Bertz CT molecular complexity index is 707. The molecule has 1 saturated heterocycles. The van der Waals surface area contributed by atoms with E-state index in [1.807, 2.05) is 35.9 Å². The van der Waals surface area contributed by atoms with Crippen molar-refractivity contribution in [1.82, 2.24) is 15.2 Å². The fourth-order valence-corrected chi connectivity index (χ4v) is 4.23. The molecule has 2 aromatic rings. The lowest BCUT2D eigenvalue weighted by atomic mass is 9.94. The third-order valence-electron chi connectivity index (χ3n) is 5.35. The lowest BCUT2D eigenvalue weighted by Crippen LogP contribution is -2.36. The summed E-state index contributed by atoms with van der Waals surface area (Å²) < 4.78 is 1.89. The van der Waals surface area contributed by atoms with E-state index in [-0.39, 0.29) is 5.91 Å². The largest absolute Gasteiger partial charge is 0.347 e. The molecule has 1 unspecified atom stereocenters. The predicted octanol–water partition coefficient (Wildman–Crippen LogP) is 2.70. The zero-order valence-corrected chi connectivity index (χ0v) is 13.4. The number of aryl methyl sites for hydroxylation is 1. The third kappa shape index (κ3) is 2.05. The van der Waals surface area contributed by atoms with Gasteiger partial charge in [-0.2, -0.15) is 0 Å². The van der Waals surface area contributed by atoms with E-state index in [9.17, 15) is 4.79 Å². The summed E-state index contributed by atoms with van der Waals surface area (Å²) in [6, 6.07) is 8.16. The molecule has 5 heteroatoms. The summed E-state index contributed by atoms with van der Waals surface area (Å²) in [4.78, 5) is 12.7. The molecule has 4 rings (SSSR count). The van der Waals surface area contributed by atoms with Crippen molar-refractivity contribution in [3.8, 4) is 0 Å². The number of nitrogens with one attached hydrogen (secondary N) is 2. The van der Waals surface area contributed by atoms with Gasteiger partial charge in [0.1, 0.15) is 5.69 Å². The number of amides is 1. The molecule has 1 aromatic heterocycles. The highest BCUT2D eigenvalue weighted by atomic mass is 35.5. The lowest BCUT2D eigenvalue weighted by molar-refractivity contribution is 0.0935. The van der Waals surface area contributed by atoms with E-state index < -0.39 is 0 Å². The van der Waals surface area contributed by atoms with Gasteiger partial charge in [-0.25, -0.2) is 0 Å². The maximum absolute atomic E-state index is 12.7. The fourth-order valence-electron chi connectivity index (χ4n) is 3.85. The van der Waals surface area contributed by atoms with Gasteiger partial charge in [-0.1, -0.05) is 29.8 Å². The summed E-state index contributed by atoms with van der Waals surface area (Å²) >= 11 is 6.45. The van der Waals surface area contributed by atoms with Gasteiger partial charge >= 0.3 is 0 Å². The summed E-state index contributed by atoms with van der Waals surface area (Å²) in [6.07, 6.45) is 3.41. The van der Waals surface area contributed by atoms with E-state index in [4.69, 9.17) is 11.6 Å².